The van der Waals surface area contributed by atoms with E-state index in [0.29, 0.717) is 18.0 Å². The molecule has 1 heterocycles. The highest BCUT2D eigenvalue weighted by atomic mass is 16.5. The summed E-state index contributed by atoms with van der Waals surface area (Å²) in [5.41, 5.74) is 0.481. The minimum Gasteiger partial charge on any atom is -0.492 e. The molecule has 0 saturated heterocycles. The maximum absolute atomic E-state index is 8.66. The summed E-state index contributed by atoms with van der Waals surface area (Å²) in [6.45, 7) is 2.61. The largest absolute Gasteiger partial charge is 0.492 e. The summed E-state index contributed by atoms with van der Waals surface area (Å²) in [6.07, 6.45) is 1.54. The van der Waals surface area contributed by atoms with E-state index >= 15 is 0 Å². The van der Waals surface area contributed by atoms with Crippen LogP contribution in [0.4, 0.5) is 0 Å². The van der Waals surface area contributed by atoms with Crippen LogP contribution in [0.5, 0.6) is 5.75 Å². The van der Waals surface area contributed by atoms with E-state index in [4.69, 9.17) is 10.00 Å². The third-order valence-corrected chi connectivity index (χ3v) is 1.43. The van der Waals surface area contributed by atoms with Crippen molar-refractivity contribution < 1.29 is 4.74 Å². The molecule has 11 heavy (non-hydrogen) atoms. The molecule has 1 aromatic heterocycles. The first kappa shape index (κ1) is 7.61. The van der Waals surface area contributed by atoms with Gasteiger partial charge in [-0.05, 0) is 6.92 Å². The second kappa shape index (κ2) is 3.06. The lowest BCUT2D eigenvalue weighted by molar-refractivity contribution is 0.412. The lowest BCUT2D eigenvalue weighted by atomic mass is 10.4. The molecule has 0 N–H and O–H groups in total. The molecule has 0 unspecified atom stereocenters. The Morgan fingerprint density at radius 2 is 2.55 bits per heavy atom. The highest BCUT2D eigenvalue weighted by Crippen LogP contribution is 2.15. The lowest BCUT2D eigenvalue weighted by Crippen LogP contribution is -1.99. The first-order valence-electron chi connectivity index (χ1n) is 3.33. The van der Waals surface area contributed by atoms with Crippen LogP contribution in [0.3, 0.4) is 0 Å². The maximum Gasteiger partial charge on any atom is 0.180 e. The van der Waals surface area contributed by atoms with Crippen molar-refractivity contribution in [1.82, 2.24) is 9.78 Å². The zero-order chi connectivity index (χ0) is 8.27. The van der Waals surface area contributed by atoms with Crippen molar-refractivity contribution in [3.8, 4) is 11.8 Å². The van der Waals surface area contributed by atoms with E-state index in [-0.39, 0.29) is 0 Å². The van der Waals surface area contributed by atoms with Crippen LogP contribution < -0.4 is 4.74 Å². The molecular formula is C7H9N3O. The van der Waals surface area contributed by atoms with Gasteiger partial charge in [0.1, 0.15) is 6.07 Å². The van der Waals surface area contributed by atoms with Crippen LogP contribution in [0.1, 0.15) is 12.6 Å². The molecule has 1 rings (SSSR count). The van der Waals surface area contributed by atoms with Gasteiger partial charge in [-0.2, -0.15) is 10.4 Å². The number of hydrogen-bond acceptors (Lipinski definition) is 3. The maximum atomic E-state index is 8.66. The van der Waals surface area contributed by atoms with Crippen LogP contribution in [-0.4, -0.2) is 16.9 Å². The second-order valence-corrected chi connectivity index (χ2v) is 1.99. The summed E-state index contributed by atoms with van der Waals surface area (Å²) in [6, 6.07) is 2.02. The van der Waals surface area contributed by atoms with E-state index in [1.807, 2.05) is 13.0 Å². The predicted octanol–water partition coefficient (Wildman–Crippen LogP) is 0.783. The number of ether oxygens (including phenoxy) is 1. The van der Waals surface area contributed by atoms with Gasteiger partial charge in [-0.25, -0.2) is 0 Å². The number of nitrogens with zero attached hydrogens (tertiary/aromatic N) is 3. The average molecular weight is 151 g/mol. The Bertz CT molecular complexity index is 263. The van der Waals surface area contributed by atoms with Crippen LogP contribution in [-0.2, 0) is 6.54 Å². The summed E-state index contributed by atoms with van der Waals surface area (Å²) in [4.78, 5) is 0. The van der Waals surface area contributed by atoms with Crippen molar-refractivity contribution in [3.05, 3.63) is 11.9 Å². The fraction of sp³-hybridized carbons (Fsp3) is 0.429. The third kappa shape index (κ3) is 1.17. The van der Waals surface area contributed by atoms with Gasteiger partial charge in [0.25, 0.3) is 0 Å². The van der Waals surface area contributed by atoms with Crippen molar-refractivity contribution in [2.75, 3.05) is 7.11 Å². The first-order chi connectivity index (χ1) is 5.33. The summed E-state index contributed by atoms with van der Waals surface area (Å²) in [5.74, 6) is 0.536. The van der Waals surface area contributed by atoms with Crippen molar-refractivity contribution in [1.29, 1.82) is 5.26 Å². The van der Waals surface area contributed by atoms with Gasteiger partial charge in [0.05, 0.1) is 13.3 Å². The van der Waals surface area contributed by atoms with E-state index in [1.54, 1.807) is 10.9 Å². The van der Waals surface area contributed by atoms with E-state index in [9.17, 15) is 0 Å². The molecule has 0 aliphatic carbocycles. The molecule has 1 aromatic rings. The Kier molecular flexibility index (Phi) is 2.12. The smallest absolute Gasteiger partial charge is 0.180 e. The van der Waals surface area contributed by atoms with Gasteiger partial charge in [-0.3, -0.25) is 4.68 Å². The predicted molar refractivity (Wildman–Crippen MR) is 39.2 cm³/mol. The van der Waals surface area contributed by atoms with E-state index in [1.165, 1.54) is 7.11 Å². The summed E-state index contributed by atoms with van der Waals surface area (Å²) >= 11 is 0. The highest BCUT2D eigenvalue weighted by molar-refractivity contribution is 5.35. The van der Waals surface area contributed by atoms with Gasteiger partial charge in [0.15, 0.2) is 11.4 Å². The minimum atomic E-state index is 0.481. The minimum absolute atomic E-state index is 0.481. The van der Waals surface area contributed by atoms with Crippen LogP contribution in [0.25, 0.3) is 0 Å². The monoisotopic (exact) mass is 151 g/mol. The molecule has 0 saturated carbocycles. The Morgan fingerprint density at radius 3 is 3.00 bits per heavy atom. The summed E-state index contributed by atoms with van der Waals surface area (Å²) in [7, 11) is 1.53. The highest BCUT2D eigenvalue weighted by Gasteiger charge is 2.07. The number of methoxy groups -OCH3 is 1. The fourth-order valence-electron chi connectivity index (χ4n) is 0.870. The number of hydrogen-bond donors (Lipinski definition) is 0. The molecule has 0 bridgehead atoms. The topological polar surface area (TPSA) is 50.8 Å². The standard InChI is InChI=1S/C7H9N3O/c1-3-10-6(4-8)7(11-2)5-9-10/h5H,3H2,1-2H3. The zero-order valence-corrected chi connectivity index (χ0v) is 6.53. The Balaban J connectivity index is 3.12. The average Bonchev–Trinajstić information content (AvgIpc) is 2.45. The summed E-state index contributed by atoms with van der Waals surface area (Å²) in [5, 5.41) is 12.6. The van der Waals surface area contributed by atoms with Crippen molar-refractivity contribution in [2.45, 2.75) is 13.5 Å². The first-order valence-corrected chi connectivity index (χ1v) is 3.33. The molecule has 4 heteroatoms. The van der Waals surface area contributed by atoms with E-state index < -0.39 is 0 Å². The number of rotatable bonds is 2. The molecule has 0 aliphatic heterocycles. The van der Waals surface area contributed by atoms with Gasteiger partial charge >= 0.3 is 0 Å². The Hall–Kier alpha value is -1.50. The van der Waals surface area contributed by atoms with Crippen LogP contribution in [0.15, 0.2) is 6.20 Å². The van der Waals surface area contributed by atoms with Gasteiger partial charge in [-0.1, -0.05) is 0 Å². The van der Waals surface area contributed by atoms with E-state index in [0.717, 1.165) is 0 Å². The molecule has 4 nitrogen and oxygen atoms in total. The Morgan fingerprint density at radius 1 is 1.82 bits per heavy atom. The lowest BCUT2D eigenvalue weighted by Gasteiger charge is -1.96. The van der Waals surface area contributed by atoms with Crippen molar-refractivity contribution in [2.24, 2.45) is 0 Å². The molecule has 0 aliphatic rings. The Labute approximate surface area is 65.0 Å². The van der Waals surface area contributed by atoms with Crippen LogP contribution in [0.2, 0.25) is 0 Å². The van der Waals surface area contributed by atoms with Gasteiger partial charge < -0.3 is 4.74 Å². The second-order valence-electron chi connectivity index (χ2n) is 1.99. The number of aryl methyl sites for hydroxylation is 1. The van der Waals surface area contributed by atoms with Crippen LogP contribution >= 0.6 is 0 Å². The molecule has 0 fully saturated rings. The number of nitriles is 1. The molecule has 0 radical (unpaired) electrons. The fourth-order valence-corrected chi connectivity index (χ4v) is 0.870. The quantitative estimate of drug-likeness (QED) is 0.627. The normalized spacial score (nSPS) is 9.18. The molecule has 0 spiro atoms. The SMILES string of the molecule is CCn1ncc(OC)c1C#N. The molecule has 0 aromatic carbocycles. The van der Waals surface area contributed by atoms with E-state index in [2.05, 4.69) is 5.10 Å². The molecule has 58 valence electrons. The van der Waals surface area contributed by atoms with Crippen molar-refractivity contribution in [3.63, 3.8) is 0 Å². The van der Waals surface area contributed by atoms with Crippen LogP contribution in [0, 0.1) is 11.3 Å². The van der Waals surface area contributed by atoms with Gasteiger partial charge in [0, 0.05) is 6.54 Å². The number of aromatic nitrogens is 2. The molecular weight excluding hydrogens is 142 g/mol. The molecule has 0 amide bonds. The zero-order valence-electron chi connectivity index (χ0n) is 6.53. The van der Waals surface area contributed by atoms with Crippen molar-refractivity contribution >= 4 is 0 Å². The summed E-state index contributed by atoms with van der Waals surface area (Å²) < 4.78 is 6.51. The van der Waals surface area contributed by atoms with Gasteiger partial charge in [-0.15, -0.1) is 0 Å². The van der Waals surface area contributed by atoms with Gasteiger partial charge in [0.2, 0.25) is 0 Å². The third-order valence-electron chi connectivity index (χ3n) is 1.43. The molecule has 0 atom stereocenters.